The summed E-state index contributed by atoms with van der Waals surface area (Å²) in [7, 11) is 0. The second kappa shape index (κ2) is 15.1. The maximum absolute atomic E-state index is 5.98. The Labute approximate surface area is 148 Å². The molecule has 0 heterocycles. The first-order chi connectivity index (χ1) is 11.5. The minimum Gasteiger partial charge on any atom is -0.387 e. The first-order valence-corrected chi connectivity index (χ1v) is 9.23. The zero-order chi connectivity index (χ0) is 18.2. The van der Waals surface area contributed by atoms with Crippen molar-refractivity contribution < 1.29 is 0 Å². The predicted molar refractivity (Wildman–Crippen MR) is 109 cm³/mol. The van der Waals surface area contributed by atoms with Crippen LogP contribution < -0.4 is 11.5 Å². The Kier molecular flexibility index (Phi) is 14.1. The Morgan fingerprint density at radius 2 is 1.79 bits per heavy atom. The molecule has 4 N–H and O–H groups in total. The number of allylic oxidation sites excluding steroid dienone is 2. The van der Waals surface area contributed by atoms with E-state index in [4.69, 9.17) is 11.5 Å². The molecule has 0 radical (unpaired) electrons. The Hall–Kier alpha value is -1.49. The number of nitrogens with two attached hydrogens (primary N) is 2. The van der Waals surface area contributed by atoms with Gasteiger partial charge in [-0.2, -0.15) is 0 Å². The normalized spacial score (nSPS) is 16.2. The van der Waals surface area contributed by atoms with Crippen LogP contribution in [0, 0.1) is 5.92 Å². The maximum Gasteiger partial charge on any atom is 0.0966 e. The van der Waals surface area contributed by atoms with Gasteiger partial charge < -0.3 is 11.5 Å². The monoisotopic (exact) mass is 335 g/mol. The lowest BCUT2D eigenvalue weighted by atomic mass is 10.1. The third-order valence-corrected chi connectivity index (χ3v) is 3.66. The number of hydrogen-bond donors (Lipinski definition) is 2. The van der Waals surface area contributed by atoms with Gasteiger partial charge in [0.15, 0.2) is 0 Å². The fourth-order valence-corrected chi connectivity index (χ4v) is 2.15. The molecule has 0 aromatic rings. The number of aliphatic imine (C=N–C) groups is 3. The van der Waals surface area contributed by atoms with Crippen molar-refractivity contribution in [2.45, 2.75) is 65.8 Å². The van der Waals surface area contributed by atoms with Crippen molar-refractivity contribution in [3.63, 3.8) is 0 Å². The molecule has 0 saturated carbocycles. The van der Waals surface area contributed by atoms with Crippen molar-refractivity contribution in [2.75, 3.05) is 19.6 Å². The van der Waals surface area contributed by atoms with Crippen LogP contribution in [0.15, 0.2) is 26.6 Å². The SMILES string of the molecule is CCCN=CC(N)CC/C=C(\C)C=NCCN=C(N)C(C)CCC. The first kappa shape index (κ1) is 22.5. The van der Waals surface area contributed by atoms with Gasteiger partial charge >= 0.3 is 0 Å². The van der Waals surface area contributed by atoms with Crippen molar-refractivity contribution in [3.05, 3.63) is 11.6 Å². The van der Waals surface area contributed by atoms with Crippen LogP contribution in [0.5, 0.6) is 0 Å². The molecule has 0 rings (SSSR count). The van der Waals surface area contributed by atoms with E-state index in [1.165, 1.54) is 0 Å². The van der Waals surface area contributed by atoms with Crippen molar-refractivity contribution in [3.8, 4) is 0 Å². The van der Waals surface area contributed by atoms with E-state index in [1.54, 1.807) is 0 Å². The summed E-state index contributed by atoms with van der Waals surface area (Å²) < 4.78 is 0. The van der Waals surface area contributed by atoms with E-state index in [0.717, 1.165) is 50.1 Å². The molecular weight excluding hydrogens is 298 g/mol. The van der Waals surface area contributed by atoms with Gasteiger partial charge in [0.25, 0.3) is 0 Å². The average Bonchev–Trinajstić information content (AvgIpc) is 2.54. The summed E-state index contributed by atoms with van der Waals surface area (Å²) in [6, 6.07) is 0.0416. The topological polar surface area (TPSA) is 89.1 Å². The van der Waals surface area contributed by atoms with Crippen molar-refractivity contribution in [2.24, 2.45) is 32.4 Å². The molecule has 0 spiro atoms. The van der Waals surface area contributed by atoms with Crippen LogP contribution in [0.1, 0.15) is 59.8 Å². The second-order valence-corrected chi connectivity index (χ2v) is 6.28. The first-order valence-electron chi connectivity index (χ1n) is 9.23. The van der Waals surface area contributed by atoms with E-state index in [2.05, 4.69) is 48.7 Å². The van der Waals surface area contributed by atoms with Crippen LogP contribution in [0.2, 0.25) is 0 Å². The van der Waals surface area contributed by atoms with E-state index in [9.17, 15) is 0 Å². The molecule has 0 aromatic heterocycles. The lowest BCUT2D eigenvalue weighted by molar-refractivity contribution is 0.658. The molecule has 0 aliphatic heterocycles. The van der Waals surface area contributed by atoms with Gasteiger partial charge in [0.05, 0.1) is 18.9 Å². The lowest BCUT2D eigenvalue weighted by Crippen LogP contribution is -2.21. The number of nitrogens with zero attached hydrogens (tertiary/aromatic N) is 3. The highest BCUT2D eigenvalue weighted by Gasteiger charge is 2.03. The van der Waals surface area contributed by atoms with Gasteiger partial charge in [-0.15, -0.1) is 0 Å². The largest absolute Gasteiger partial charge is 0.387 e. The molecular formula is C19H37N5. The van der Waals surface area contributed by atoms with Crippen LogP contribution in [0.25, 0.3) is 0 Å². The van der Waals surface area contributed by atoms with E-state index >= 15 is 0 Å². The summed E-state index contributed by atoms with van der Waals surface area (Å²) in [4.78, 5) is 13.1. The number of rotatable bonds is 13. The van der Waals surface area contributed by atoms with Gasteiger partial charge in [-0.25, -0.2) is 0 Å². The number of amidine groups is 1. The maximum atomic E-state index is 5.98. The van der Waals surface area contributed by atoms with Crippen molar-refractivity contribution in [1.82, 2.24) is 0 Å². The fourth-order valence-electron chi connectivity index (χ4n) is 2.15. The lowest BCUT2D eigenvalue weighted by Gasteiger charge is -2.08. The minimum absolute atomic E-state index is 0.0416. The van der Waals surface area contributed by atoms with Crippen LogP contribution in [-0.2, 0) is 0 Å². The third kappa shape index (κ3) is 13.0. The van der Waals surface area contributed by atoms with Gasteiger partial charge in [0, 0.05) is 30.9 Å². The van der Waals surface area contributed by atoms with Crippen LogP contribution >= 0.6 is 0 Å². The van der Waals surface area contributed by atoms with Gasteiger partial charge in [0.1, 0.15) is 0 Å². The molecule has 24 heavy (non-hydrogen) atoms. The van der Waals surface area contributed by atoms with Crippen LogP contribution in [-0.4, -0.2) is 43.9 Å². The van der Waals surface area contributed by atoms with Gasteiger partial charge in [-0.3, -0.25) is 15.0 Å². The van der Waals surface area contributed by atoms with Gasteiger partial charge in [-0.05, 0) is 38.2 Å². The molecule has 138 valence electrons. The van der Waals surface area contributed by atoms with E-state index in [-0.39, 0.29) is 6.04 Å². The summed E-state index contributed by atoms with van der Waals surface area (Å²) in [5.41, 5.74) is 13.1. The summed E-state index contributed by atoms with van der Waals surface area (Å²) in [5, 5.41) is 0. The van der Waals surface area contributed by atoms with Gasteiger partial charge in [-0.1, -0.05) is 33.3 Å². The second-order valence-electron chi connectivity index (χ2n) is 6.28. The molecule has 5 heteroatoms. The number of hydrogen-bond acceptors (Lipinski definition) is 4. The van der Waals surface area contributed by atoms with Crippen molar-refractivity contribution in [1.29, 1.82) is 0 Å². The summed E-state index contributed by atoms with van der Waals surface area (Å²) >= 11 is 0. The van der Waals surface area contributed by atoms with Gasteiger partial charge in [0.2, 0.25) is 0 Å². The molecule has 0 fully saturated rings. The Bertz CT molecular complexity index is 423. The van der Waals surface area contributed by atoms with Crippen molar-refractivity contribution >= 4 is 18.3 Å². The van der Waals surface area contributed by atoms with E-state index in [1.807, 2.05) is 12.4 Å². The minimum atomic E-state index is 0.0416. The highest BCUT2D eigenvalue weighted by atomic mass is 14.9. The predicted octanol–water partition coefficient (Wildman–Crippen LogP) is 3.39. The van der Waals surface area contributed by atoms with E-state index < -0.39 is 0 Å². The molecule has 0 aliphatic rings. The fraction of sp³-hybridized carbons (Fsp3) is 0.737. The summed E-state index contributed by atoms with van der Waals surface area (Å²) in [5.74, 6) is 1.11. The Balaban J connectivity index is 3.99. The standard InChI is InChI=1S/C19H37N5/c1-5-8-17(4)19(21)24-13-12-23-14-16(3)9-7-10-18(20)15-22-11-6-2/h9,14-15,17-18H,5-8,10-13,20H2,1-4H3,(H2,21,24)/b16-9+,22-15?,23-14?. The molecule has 0 aliphatic carbocycles. The third-order valence-electron chi connectivity index (χ3n) is 3.66. The highest BCUT2D eigenvalue weighted by Crippen LogP contribution is 2.04. The van der Waals surface area contributed by atoms with E-state index in [0.29, 0.717) is 19.0 Å². The quantitative estimate of drug-likeness (QED) is 0.307. The summed E-state index contributed by atoms with van der Waals surface area (Å²) in [6.07, 6.45) is 11.1. The molecule has 2 unspecified atom stereocenters. The summed E-state index contributed by atoms with van der Waals surface area (Å²) in [6.45, 7) is 10.6. The molecule has 0 amide bonds. The Morgan fingerprint density at radius 3 is 2.46 bits per heavy atom. The average molecular weight is 336 g/mol. The molecule has 0 bridgehead atoms. The van der Waals surface area contributed by atoms with Crippen LogP contribution in [0.3, 0.4) is 0 Å². The highest BCUT2D eigenvalue weighted by molar-refractivity contribution is 5.82. The zero-order valence-electron chi connectivity index (χ0n) is 16.0. The molecule has 2 atom stereocenters. The van der Waals surface area contributed by atoms with Crippen LogP contribution in [0.4, 0.5) is 0 Å². The Morgan fingerprint density at radius 1 is 1.04 bits per heavy atom. The zero-order valence-corrected chi connectivity index (χ0v) is 16.0. The smallest absolute Gasteiger partial charge is 0.0966 e. The molecule has 0 saturated heterocycles. The molecule has 5 nitrogen and oxygen atoms in total. The molecule has 0 aromatic carbocycles.